The molecule has 0 aliphatic heterocycles. The van der Waals surface area contributed by atoms with Gasteiger partial charge in [-0.15, -0.1) is 0 Å². The summed E-state index contributed by atoms with van der Waals surface area (Å²) in [6.07, 6.45) is -8.36. The van der Waals surface area contributed by atoms with Crippen LogP contribution in [-0.2, 0) is 23.9 Å². The molecule has 0 bridgehead atoms. The number of hydrogen-bond acceptors (Lipinski definition) is 4. The third kappa shape index (κ3) is 5.11. The topological polar surface area (TPSA) is 44.8 Å². The van der Waals surface area contributed by atoms with Gasteiger partial charge in [0.15, 0.2) is 0 Å². The predicted octanol–water partition coefficient (Wildman–Crippen LogP) is 5.93. The van der Waals surface area contributed by atoms with Crippen molar-refractivity contribution in [2.24, 2.45) is 0 Å². The summed E-state index contributed by atoms with van der Waals surface area (Å²) in [4.78, 5) is 11.3. The van der Waals surface area contributed by atoms with Crippen molar-refractivity contribution in [3.63, 3.8) is 0 Å². The molecule has 0 fully saturated rings. The Morgan fingerprint density at radius 3 is 2.39 bits per heavy atom. The number of carbonyl (C=O) groups is 1. The molecule has 0 heterocycles. The highest BCUT2D eigenvalue weighted by Crippen LogP contribution is 2.38. The monoisotopic (exact) mass is 404 g/mol. The van der Waals surface area contributed by atoms with Crippen molar-refractivity contribution in [3.8, 4) is 11.5 Å². The first-order valence-corrected chi connectivity index (χ1v) is 8.16. The highest BCUT2D eigenvalue weighted by atomic mass is 19.4. The number of halogens is 5. The molecule has 9 heteroatoms. The van der Waals surface area contributed by atoms with Gasteiger partial charge in [-0.05, 0) is 36.2 Å². The summed E-state index contributed by atoms with van der Waals surface area (Å²) in [7, 11) is 0.996. The number of methoxy groups -OCH3 is 1. The van der Waals surface area contributed by atoms with Crippen molar-refractivity contribution < 1.29 is 41.0 Å². The maximum Gasteiger partial charge on any atom is 0.513 e. The molecule has 4 nitrogen and oxygen atoms in total. The summed E-state index contributed by atoms with van der Waals surface area (Å²) in [5, 5.41) is 0. The first-order valence-electron chi connectivity index (χ1n) is 8.16. The fourth-order valence-corrected chi connectivity index (χ4v) is 2.48. The molecule has 28 heavy (non-hydrogen) atoms. The largest absolute Gasteiger partial charge is 0.513 e. The Hall–Kier alpha value is -2.84. The van der Waals surface area contributed by atoms with Gasteiger partial charge in [-0.3, -0.25) is 0 Å². The molecule has 0 spiro atoms. The lowest BCUT2D eigenvalue weighted by molar-refractivity contribution is -0.138. The second kappa shape index (κ2) is 8.90. The first kappa shape index (κ1) is 21.5. The number of ether oxygens (including phenoxy) is 3. The lowest BCUT2D eigenvalue weighted by Crippen LogP contribution is -2.15. The van der Waals surface area contributed by atoms with Crippen LogP contribution in [0.5, 0.6) is 11.5 Å². The molecule has 0 aromatic heterocycles. The van der Waals surface area contributed by atoms with Crippen LogP contribution in [0.2, 0.25) is 0 Å². The van der Waals surface area contributed by atoms with E-state index in [2.05, 4.69) is 4.74 Å². The number of benzene rings is 2. The van der Waals surface area contributed by atoms with E-state index in [4.69, 9.17) is 9.47 Å². The standard InChI is InChI=1S/C19H17F5O4/c1-3-11-7-8-15(12(9-11)17(20)21)27-10-13-14(19(22,23)24)5-4-6-16(13)28-18(25)26-2/h4-9,17H,3,10H2,1-2H3. The summed E-state index contributed by atoms with van der Waals surface area (Å²) in [6, 6.07) is 7.00. The van der Waals surface area contributed by atoms with Gasteiger partial charge in [-0.25, -0.2) is 13.6 Å². The Morgan fingerprint density at radius 2 is 1.82 bits per heavy atom. The molecular weight excluding hydrogens is 387 g/mol. The molecule has 0 atom stereocenters. The van der Waals surface area contributed by atoms with E-state index in [0.717, 1.165) is 25.3 Å². The minimum absolute atomic E-state index is 0.256. The minimum atomic E-state index is -4.77. The highest BCUT2D eigenvalue weighted by Gasteiger charge is 2.35. The van der Waals surface area contributed by atoms with Gasteiger partial charge in [-0.2, -0.15) is 13.2 Å². The highest BCUT2D eigenvalue weighted by molar-refractivity contribution is 5.64. The third-order valence-corrected chi connectivity index (χ3v) is 3.89. The molecule has 0 N–H and O–H groups in total. The predicted molar refractivity (Wildman–Crippen MR) is 89.6 cm³/mol. The molecule has 2 rings (SSSR count). The van der Waals surface area contributed by atoms with E-state index in [1.54, 1.807) is 13.0 Å². The second-order valence-electron chi connectivity index (χ2n) is 5.65. The number of rotatable bonds is 6. The maximum atomic E-state index is 13.3. The third-order valence-electron chi connectivity index (χ3n) is 3.89. The Labute approximate surface area is 157 Å². The van der Waals surface area contributed by atoms with Gasteiger partial charge in [0.05, 0.1) is 18.2 Å². The average Bonchev–Trinajstić information content (AvgIpc) is 2.65. The zero-order valence-corrected chi connectivity index (χ0v) is 15.0. The van der Waals surface area contributed by atoms with E-state index in [0.29, 0.717) is 12.0 Å². The summed E-state index contributed by atoms with van der Waals surface area (Å²) >= 11 is 0. The molecular formula is C19H17F5O4. The van der Waals surface area contributed by atoms with E-state index in [1.807, 2.05) is 0 Å². The van der Waals surface area contributed by atoms with Gasteiger partial charge in [0, 0.05) is 5.56 Å². The van der Waals surface area contributed by atoms with Crippen molar-refractivity contribution in [2.75, 3.05) is 7.11 Å². The molecule has 2 aromatic carbocycles. The van der Waals surface area contributed by atoms with Crippen LogP contribution in [0.3, 0.4) is 0 Å². The van der Waals surface area contributed by atoms with E-state index < -0.39 is 47.8 Å². The van der Waals surface area contributed by atoms with Gasteiger partial charge in [0.1, 0.15) is 18.1 Å². The van der Waals surface area contributed by atoms with Gasteiger partial charge in [-0.1, -0.05) is 19.1 Å². The van der Waals surface area contributed by atoms with E-state index in [-0.39, 0.29) is 5.75 Å². The summed E-state index contributed by atoms with van der Waals surface area (Å²) in [5.74, 6) is -0.696. The van der Waals surface area contributed by atoms with Gasteiger partial charge < -0.3 is 14.2 Å². The average molecular weight is 404 g/mol. The van der Waals surface area contributed by atoms with Crippen LogP contribution < -0.4 is 9.47 Å². The number of alkyl halides is 5. The van der Waals surface area contributed by atoms with Crippen molar-refractivity contribution in [3.05, 3.63) is 58.7 Å². The van der Waals surface area contributed by atoms with Crippen molar-refractivity contribution >= 4 is 6.16 Å². The maximum absolute atomic E-state index is 13.3. The van der Waals surface area contributed by atoms with Gasteiger partial charge >= 0.3 is 12.3 Å². The normalized spacial score (nSPS) is 11.4. The summed E-state index contributed by atoms with van der Waals surface area (Å²) in [5.41, 5.74) is -1.43. The van der Waals surface area contributed by atoms with E-state index in [1.165, 1.54) is 12.1 Å². The Bertz CT molecular complexity index is 834. The lowest BCUT2D eigenvalue weighted by Gasteiger charge is -2.18. The summed E-state index contributed by atoms with van der Waals surface area (Å²) in [6.45, 7) is 1.04. The molecule has 0 saturated heterocycles. The van der Waals surface area contributed by atoms with E-state index in [9.17, 15) is 26.7 Å². The zero-order valence-electron chi connectivity index (χ0n) is 15.0. The summed E-state index contributed by atoms with van der Waals surface area (Å²) < 4.78 is 80.9. The Morgan fingerprint density at radius 1 is 1.11 bits per heavy atom. The van der Waals surface area contributed by atoms with Crippen LogP contribution in [0.1, 0.15) is 35.6 Å². The smallest absolute Gasteiger partial charge is 0.488 e. The molecule has 0 saturated carbocycles. The van der Waals surface area contributed by atoms with Crippen molar-refractivity contribution in [1.82, 2.24) is 0 Å². The van der Waals surface area contributed by atoms with Crippen LogP contribution in [0.4, 0.5) is 26.7 Å². The van der Waals surface area contributed by atoms with Crippen molar-refractivity contribution in [2.45, 2.75) is 32.6 Å². The molecule has 0 amide bonds. The molecule has 0 radical (unpaired) electrons. The van der Waals surface area contributed by atoms with Crippen LogP contribution >= 0.6 is 0 Å². The lowest BCUT2D eigenvalue weighted by atomic mass is 10.1. The number of aryl methyl sites for hydroxylation is 1. The molecule has 0 unspecified atom stereocenters. The molecule has 0 aliphatic carbocycles. The Kier molecular flexibility index (Phi) is 6.82. The van der Waals surface area contributed by atoms with Crippen LogP contribution in [0.25, 0.3) is 0 Å². The van der Waals surface area contributed by atoms with E-state index >= 15 is 0 Å². The van der Waals surface area contributed by atoms with Gasteiger partial charge in [0.25, 0.3) is 6.43 Å². The minimum Gasteiger partial charge on any atom is -0.488 e. The SMILES string of the molecule is CCc1ccc(OCc2c(OC(=O)OC)cccc2C(F)(F)F)c(C(F)F)c1. The first-order chi connectivity index (χ1) is 13.2. The zero-order chi connectivity index (χ0) is 20.9. The fraction of sp³-hybridized carbons (Fsp3) is 0.316. The molecule has 0 aliphatic rings. The second-order valence-corrected chi connectivity index (χ2v) is 5.65. The molecule has 2 aromatic rings. The quantitative estimate of drug-likeness (QED) is 0.340. The van der Waals surface area contributed by atoms with Gasteiger partial charge in [0.2, 0.25) is 0 Å². The number of carbonyl (C=O) groups excluding carboxylic acids is 1. The van der Waals surface area contributed by atoms with Crippen molar-refractivity contribution in [1.29, 1.82) is 0 Å². The van der Waals surface area contributed by atoms with Crippen LogP contribution in [-0.4, -0.2) is 13.3 Å². The number of hydrogen-bond donors (Lipinski definition) is 0. The Balaban J connectivity index is 2.41. The fourth-order valence-electron chi connectivity index (χ4n) is 2.48. The molecule has 152 valence electrons. The van der Waals surface area contributed by atoms with Crippen LogP contribution in [0, 0.1) is 0 Å². The van der Waals surface area contributed by atoms with Crippen LogP contribution in [0.15, 0.2) is 36.4 Å².